The second kappa shape index (κ2) is 10.2. The number of esters is 1. The first-order valence-electron chi connectivity index (χ1n) is 8.62. The fraction of sp³-hybridized carbons (Fsp3) is 0.611. The summed E-state index contributed by atoms with van der Waals surface area (Å²) in [5.41, 5.74) is 0.565. The lowest BCUT2D eigenvalue weighted by Gasteiger charge is -2.26. The number of unbranched alkanes of at least 4 members (excludes halogenated alkanes) is 2. The average Bonchev–Trinajstić information content (AvgIpc) is 2.59. The lowest BCUT2D eigenvalue weighted by molar-refractivity contribution is 0.0526. The molecule has 0 spiro atoms. The van der Waals surface area contributed by atoms with Gasteiger partial charge in [0.25, 0.3) is 0 Å². The van der Waals surface area contributed by atoms with Crippen molar-refractivity contribution in [3.8, 4) is 5.75 Å². The highest BCUT2D eigenvalue weighted by Crippen LogP contribution is 2.13. The number of hydrogen-bond donors (Lipinski definition) is 1. The predicted octanol–water partition coefficient (Wildman–Crippen LogP) is 2.32. The Balaban J connectivity index is 1.56. The molecule has 1 N–H and O–H groups in total. The standard InChI is InChI=1S/C18H28N2O3/c1-2-22-18(21)16-6-8-17(9-7-16)23-15-5-3-4-12-20-13-10-19-11-14-20/h6-9,19H,2-5,10-15H2,1H3. The number of carbonyl (C=O) groups excluding carboxylic acids is 1. The molecule has 0 amide bonds. The number of nitrogens with zero attached hydrogens (tertiary/aromatic N) is 1. The second-order valence-electron chi connectivity index (χ2n) is 5.75. The van der Waals surface area contributed by atoms with Gasteiger partial charge in [-0.05, 0) is 57.0 Å². The highest BCUT2D eigenvalue weighted by molar-refractivity contribution is 5.89. The molecule has 1 aromatic carbocycles. The van der Waals surface area contributed by atoms with Crippen LogP contribution in [0.4, 0.5) is 0 Å². The minimum atomic E-state index is -0.285. The van der Waals surface area contributed by atoms with Gasteiger partial charge in [-0.3, -0.25) is 0 Å². The van der Waals surface area contributed by atoms with Crippen LogP contribution in [0.3, 0.4) is 0 Å². The normalized spacial score (nSPS) is 15.3. The summed E-state index contributed by atoms with van der Waals surface area (Å²) in [6.07, 6.45) is 3.47. The van der Waals surface area contributed by atoms with Gasteiger partial charge in [-0.2, -0.15) is 0 Å². The summed E-state index contributed by atoms with van der Waals surface area (Å²) >= 11 is 0. The molecule has 1 heterocycles. The Bertz CT molecular complexity index is 456. The van der Waals surface area contributed by atoms with E-state index in [1.807, 2.05) is 12.1 Å². The van der Waals surface area contributed by atoms with Crippen LogP contribution in [-0.4, -0.2) is 56.8 Å². The van der Waals surface area contributed by atoms with Gasteiger partial charge >= 0.3 is 5.97 Å². The summed E-state index contributed by atoms with van der Waals surface area (Å²) in [7, 11) is 0. The van der Waals surface area contributed by atoms with Gasteiger partial charge in [0.05, 0.1) is 18.8 Å². The van der Waals surface area contributed by atoms with Crippen LogP contribution in [0.1, 0.15) is 36.5 Å². The van der Waals surface area contributed by atoms with Crippen molar-refractivity contribution in [2.45, 2.75) is 26.2 Å². The number of benzene rings is 1. The van der Waals surface area contributed by atoms with Crippen molar-refractivity contribution >= 4 is 5.97 Å². The maximum Gasteiger partial charge on any atom is 0.338 e. The zero-order valence-corrected chi connectivity index (χ0v) is 14.1. The lowest BCUT2D eigenvalue weighted by Crippen LogP contribution is -2.43. The van der Waals surface area contributed by atoms with Crippen molar-refractivity contribution in [2.24, 2.45) is 0 Å². The number of ether oxygens (including phenoxy) is 2. The fourth-order valence-electron chi connectivity index (χ4n) is 2.64. The third-order valence-corrected chi connectivity index (χ3v) is 3.96. The zero-order chi connectivity index (χ0) is 16.3. The largest absolute Gasteiger partial charge is 0.494 e. The van der Waals surface area contributed by atoms with E-state index in [0.717, 1.165) is 31.9 Å². The Hall–Kier alpha value is -1.59. The molecule has 1 aliphatic heterocycles. The van der Waals surface area contributed by atoms with Gasteiger partial charge in [0.2, 0.25) is 0 Å². The third kappa shape index (κ3) is 6.59. The molecule has 1 saturated heterocycles. The first-order valence-corrected chi connectivity index (χ1v) is 8.62. The monoisotopic (exact) mass is 320 g/mol. The van der Waals surface area contributed by atoms with Crippen molar-refractivity contribution < 1.29 is 14.3 Å². The summed E-state index contributed by atoms with van der Waals surface area (Å²) in [6.45, 7) is 8.68. The van der Waals surface area contributed by atoms with E-state index in [1.54, 1.807) is 19.1 Å². The summed E-state index contributed by atoms with van der Waals surface area (Å²) in [4.78, 5) is 14.1. The second-order valence-corrected chi connectivity index (χ2v) is 5.75. The minimum absolute atomic E-state index is 0.285. The van der Waals surface area contributed by atoms with Crippen LogP contribution in [0.15, 0.2) is 24.3 Å². The molecule has 2 rings (SSSR count). The van der Waals surface area contributed by atoms with Crippen molar-refractivity contribution in [1.29, 1.82) is 0 Å². The molecular weight excluding hydrogens is 292 g/mol. The molecule has 1 aromatic rings. The Labute approximate surface area is 139 Å². The summed E-state index contributed by atoms with van der Waals surface area (Å²) < 4.78 is 10.7. The lowest BCUT2D eigenvalue weighted by atomic mass is 10.2. The number of piperazine rings is 1. The van der Waals surface area contributed by atoms with Crippen LogP contribution in [0, 0.1) is 0 Å². The fourth-order valence-corrected chi connectivity index (χ4v) is 2.64. The molecule has 0 bridgehead atoms. The van der Waals surface area contributed by atoms with Crippen molar-refractivity contribution in [1.82, 2.24) is 10.2 Å². The van der Waals surface area contributed by atoms with Crippen LogP contribution in [-0.2, 0) is 4.74 Å². The van der Waals surface area contributed by atoms with E-state index in [2.05, 4.69) is 10.2 Å². The van der Waals surface area contributed by atoms with Crippen LogP contribution < -0.4 is 10.1 Å². The Kier molecular flexibility index (Phi) is 7.90. The van der Waals surface area contributed by atoms with Gasteiger partial charge in [-0.1, -0.05) is 0 Å². The van der Waals surface area contributed by atoms with Crippen molar-refractivity contribution in [3.63, 3.8) is 0 Å². The Morgan fingerprint density at radius 1 is 1.13 bits per heavy atom. The van der Waals surface area contributed by atoms with E-state index < -0.39 is 0 Å². The van der Waals surface area contributed by atoms with Crippen LogP contribution in [0.2, 0.25) is 0 Å². The SMILES string of the molecule is CCOC(=O)c1ccc(OCCCCCN2CCNCC2)cc1. The molecule has 128 valence electrons. The highest BCUT2D eigenvalue weighted by atomic mass is 16.5. The first-order chi connectivity index (χ1) is 11.3. The third-order valence-electron chi connectivity index (χ3n) is 3.96. The van der Waals surface area contributed by atoms with E-state index in [9.17, 15) is 4.79 Å². The van der Waals surface area contributed by atoms with Crippen molar-refractivity contribution in [3.05, 3.63) is 29.8 Å². The number of carbonyl (C=O) groups is 1. The topological polar surface area (TPSA) is 50.8 Å². The van der Waals surface area contributed by atoms with Gasteiger partial charge in [-0.25, -0.2) is 4.79 Å². The van der Waals surface area contributed by atoms with Gasteiger partial charge in [0, 0.05) is 26.2 Å². The molecular formula is C18H28N2O3. The van der Waals surface area contributed by atoms with Crippen LogP contribution in [0.5, 0.6) is 5.75 Å². The molecule has 0 radical (unpaired) electrons. The first kappa shape index (κ1) is 17.8. The number of rotatable bonds is 9. The molecule has 0 aliphatic carbocycles. The van der Waals surface area contributed by atoms with E-state index in [1.165, 1.54) is 32.5 Å². The molecule has 23 heavy (non-hydrogen) atoms. The smallest absolute Gasteiger partial charge is 0.338 e. The minimum Gasteiger partial charge on any atom is -0.494 e. The molecule has 0 aromatic heterocycles. The van der Waals surface area contributed by atoms with Gasteiger partial charge in [0.1, 0.15) is 5.75 Å². The Morgan fingerprint density at radius 3 is 2.57 bits per heavy atom. The summed E-state index contributed by atoms with van der Waals surface area (Å²) in [5, 5.41) is 3.37. The van der Waals surface area contributed by atoms with Gasteiger partial charge < -0.3 is 19.7 Å². The maximum atomic E-state index is 11.5. The predicted molar refractivity (Wildman–Crippen MR) is 91.1 cm³/mol. The molecule has 0 unspecified atom stereocenters. The molecule has 5 nitrogen and oxygen atoms in total. The zero-order valence-electron chi connectivity index (χ0n) is 14.1. The number of nitrogens with one attached hydrogen (secondary N) is 1. The van der Waals surface area contributed by atoms with E-state index in [4.69, 9.17) is 9.47 Å². The average molecular weight is 320 g/mol. The maximum absolute atomic E-state index is 11.5. The van der Waals surface area contributed by atoms with Crippen LogP contribution >= 0.6 is 0 Å². The molecule has 1 aliphatic rings. The van der Waals surface area contributed by atoms with Crippen LogP contribution in [0.25, 0.3) is 0 Å². The van der Waals surface area contributed by atoms with Gasteiger partial charge in [-0.15, -0.1) is 0 Å². The van der Waals surface area contributed by atoms with E-state index >= 15 is 0 Å². The molecule has 0 saturated carbocycles. The molecule has 5 heteroatoms. The number of hydrogen-bond acceptors (Lipinski definition) is 5. The molecule has 0 atom stereocenters. The quantitative estimate of drug-likeness (QED) is 0.559. The Morgan fingerprint density at radius 2 is 1.87 bits per heavy atom. The van der Waals surface area contributed by atoms with Crippen molar-refractivity contribution in [2.75, 3.05) is 45.9 Å². The van der Waals surface area contributed by atoms with E-state index in [0.29, 0.717) is 12.2 Å². The molecule has 1 fully saturated rings. The summed E-state index contributed by atoms with van der Waals surface area (Å²) in [5.74, 6) is 0.520. The van der Waals surface area contributed by atoms with Gasteiger partial charge in [0.15, 0.2) is 0 Å². The summed E-state index contributed by atoms with van der Waals surface area (Å²) in [6, 6.07) is 7.15. The highest BCUT2D eigenvalue weighted by Gasteiger charge is 2.08. The van der Waals surface area contributed by atoms with E-state index in [-0.39, 0.29) is 5.97 Å².